The predicted octanol–water partition coefficient (Wildman–Crippen LogP) is 23.9. The van der Waals surface area contributed by atoms with Crippen LogP contribution in [0.1, 0.15) is 74.2 Å². The summed E-state index contributed by atoms with van der Waals surface area (Å²) in [5, 5.41) is 39.1. The minimum atomic E-state index is -4.48. The molecule has 0 unspecified atom stereocenters. The largest absolute Gasteiger partial charge is 0.102 e. The maximum Gasteiger partial charge on any atom is 0.102 e. The fraction of sp³-hybridized carbons (Fsp3) is 0.0686. The van der Waals surface area contributed by atoms with E-state index < -0.39 is 47.2 Å². The molecule has 18 heteroatoms. The first-order valence-corrected chi connectivity index (χ1v) is 48.5. The van der Waals surface area contributed by atoms with E-state index in [1.165, 1.54) is 59.9 Å². The zero-order valence-electron chi connectivity index (χ0n) is 63.7. The zero-order chi connectivity index (χ0) is 85.5. The summed E-state index contributed by atoms with van der Waals surface area (Å²) in [6.45, 7) is 1.96. The quantitative estimate of drug-likeness (QED) is 0.0402. The van der Waals surface area contributed by atoms with Crippen LogP contribution < -0.4 is 47.7 Å². The number of rotatable bonds is 12. The van der Waals surface area contributed by atoms with Gasteiger partial charge in [0.2, 0.25) is 0 Å². The van der Waals surface area contributed by atoms with Crippen molar-refractivity contribution in [3.63, 3.8) is 0 Å². The van der Waals surface area contributed by atoms with Crippen LogP contribution in [0.25, 0.3) is 0 Å². The van der Waals surface area contributed by atoms with Gasteiger partial charge in [0, 0.05) is 37.0 Å². The van der Waals surface area contributed by atoms with Crippen LogP contribution in [0.15, 0.2) is 376 Å². The van der Waals surface area contributed by atoms with Crippen molar-refractivity contribution in [1.29, 1.82) is 15.8 Å². The summed E-state index contributed by atoms with van der Waals surface area (Å²) < 4.78 is 76.4. The summed E-state index contributed by atoms with van der Waals surface area (Å²) >= 11 is 7.67. The van der Waals surface area contributed by atoms with Crippen molar-refractivity contribution in [2.24, 2.45) is 0 Å². The number of benzene rings is 14. The molecule has 0 aliphatic heterocycles. The molecule has 14 aromatic carbocycles. The molecule has 0 saturated carbocycles. The molecule has 0 heterocycles. The van der Waals surface area contributed by atoms with Gasteiger partial charge < -0.3 is 0 Å². The van der Waals surface area contributed by atoms with E-state index in [-0.39, 0.29) is 48.2 Å². The second-order valence-corrected chi connectivity index (χ2v) is 35.4. The zero-order valence-corrected chi connectivity index (χ0v) is 74.8. The summed E-state index contributed by atoms with van der Waals surface area (Å²) in [6.07, 6.45) is 1.60. The van der Waals surface area contributed by atoms with Gasteiger partial charge in [0.15, 0.2) is 0 Å². The molecule has 606 valence electrons. The van der Waals surface area contributed by atoms with Crippen molar-refractivity contribution in [2.75, 3.05) is 0 Å². The SMILES string of the molecule is C.C#Cc1cccc(C#C)c1.Cc1ccc(C#Cc2cccc(C#Cc3ccc(C(F)(F)F)cc3CC#N)c2)c(CC#N)c1.N#CCc1cc(C(F)(F)F)ccc1I.[Cl][Pd][Cl].[Cu][I].c1ccc(P(c2ccccc2)c2ccccc2)cc1.c1ccc(P(c2ccccc2)c2ccccc2)cc1.c1ccc([PH+](c2ccccc2)c2ccccc2)cc1. The summed E-state index contributed by atoms with van der Waals surface area (Å²) in [5.41, 5.74) is 5.25. The number of halogens is 10. The number of hydrogen-bond acceptors (Lipinski definition) is 3. The Morgan fingerprint density at radius 3 is 0.908 bits per heavy atom. The van der Waals surface area contributed by atoms with E-state index in [1.807, 2.05) is 84.1 Å². The molecule has 0 saturated heterocycles. The third kappa shape index (κ3) is 33.5. The van der Waals surface area contributed by atoms with Crippen LogP contribution in [-0.4, -0.2) is 0 Å². The molecule has 0 amide bonds. The van der Waals surface area contributed by atoms with Gasteiger partial charge in [0.05, 0.1) is 56.5 Å². The Hall–Kier alpha value is -10.1. The number of terminal acetylenes is 2. The Labute approximate surface area is 755 Å². The fourth-order valence-electron chi connectivity index (χ4n) is 11.5. The Balaban J connectivity index is 0.000000228. The third-order valence-corrected chi connectivity index (χ3v) is 25.6. The van der Waals surface area contributed by atoms with Gasteiger partial charge in [0.25, 0.3) is 0 Å². The van der Waals surface area contributed by atoms with Crippen molar-refractivity contribution in [2.45, 2.75) is 46.0 Å². The van der Waals surface area contributed by atoms with Gasteiger partial charge in [-0.2, -0.15) is 42.1 Å². The summed E-state index contributed by atoms with van der Waals surface area (Å²) in [5.74, 6) is 17.0. The first kappa shape index (κ1) is 98.7. The average molecular weight is 2050 g/mol. The molecule has 120 heavy (non-hydrogen) atoms. The standard InChI is InChI=1S/C28H17F3N2.3C18H15P.C10H6.C9H5F3IN.CH4.2ClH.Cu.HI.Pd/c1-20-5-8-23(25(17-20)13-15-32)9-6-21-3-2-4-22(18-21)7-10-24-11-12-27(28(29,30)31)19-26(24)14-16-33;3*1-4-10-16(11-5-1)19(17-12-6-2-7-13-17)18-14-8-3-9-15-18;1-3-9-6-5-7-10(4-2)8-9;10-9(11,12)7-1-2-8(13)6(5-7)3-4-14;;;;;;/h2-5,8,11-12,17-19H,13-14H2,1H3;3*1-15H;1-2,5-8H;1-2,5H,3H2;1H4;2*1H;;1H;/q;;;;;;;;;+1;;+2/p-2. The molecule has 14 rings (SSSR count). The van der Waals surface area contributed by atoms with Crippen molar-refractivity contribution in [3.05, 3.63) is 446 Å². The normalized spacial score (nSPS) is 9.99. The summed E-state index contributed by atoms with van der Waals surface area (Å²) in [7, 11) is 7.86. The molecular formula is C102H78Cl2CuF6I2N3P3Pd+. The Morgan fingerprint density at radius 1 is 0.350 bits per heavy atom. The number of alkyl halides is 6. The van der Waals surface area contributed by atoms with Crippen molar-refractivity contribution in [1.82, 2.24) is 0 Å². The van der Waals surface area contributed by atoms with Crippen LogP contribution in [0.5, 0.6) is 0 Å². The van der Waals surface area contributed by atoms with Crippen molar-refractivity contribution >= 4 is 133 Å². The molecule has 0 radical (unpaired) electrons. The number of nitriles is 3. The van der Waals surface area contributed by atoms with Crippen LogP contribution in [-0.2, 0) is 60.3 Å². The number of nitrogens with zero attached hydrogens (tertiary/aromatic N) is 3. The van der Waals surface area contributed by atoms with E-state index in [4.69, 9.17) is 47.7 Å². The van der Waals surface area contributed by atoms with Crippen LogP contribution in [0.3, 0.4) is 0 Å². The van der Waals surface area contributed by atoms with E-state index in [0.29, 0.717) is 20.3 Å². The Bertz CT molecular complexity index is 5190. The second-order valence-electron chi connectivity index (χ2n) is 25.0. The van der Waals surface area contributed by atoms with Gasteiger partial charge in [-0.15, -0.1) is 12.8 Å². The molecular weight excluding hydrogens is 1970 g/mol. The smallest absolute Gasteiger partial charge is 0.0622 e. The van der Waals surface area contributed by atoms with Crippen LogP contribution in [0.4, 0.5) is 26.3 Å². The molecule has 0 aliphatic rings. The predicted molar refractivity (Wildman–Crippen MR) is 505 cm³/mol. The summed E-state index contributed by atoms with van der Waals surface area (Å²) in [6, 6.07) is 130. The van der Waals surface area contributed by atoms with Gasteiger partial charge in [0.1, 0.15) is 15.9 Å². The van der Waals surface area contributed by atoms with Gasteiger partial charge in [-0.25, -0.2) is 0 Å². The van der Waals surface area contributed by atoms with Gasteiger partial charge in [-0.3, -0.25) is 0 Å². The monoisotopic (exact) mass is 2040 g/mol. The van der Waals surface area contributed by atoms with E-state index in [2.05, 4.69) is 327 Å². The van der Waals surface area contributed by atoms with Crippen LogP contribution in [0.2, 0.25) is 0 Å². The topological polar surface area (TPSA) is 71.4 Å². The first-order chi connectivity index (χ1) is 57.9. The number of hydrogen-bond donors (Lipinski definition) is 0. The van der Waals surface area contributed by atoms with E-state index >= 15 is 0 Å². The first-order valence-electron chi connectivity index (χ1n) is 36.2. The minimum absolute atomic E-state index is 0. The molecule has 0 aromatic heterocycles. The molecule has 0 fully saturated rings. The van der Waals surface area contributed by atoms with Gasteiger partial charge >= 0.3 is 80.5 Å². The van der Waals surface area contributed by atoms with E-state index in [0.717, 1.165) is 57.6 Å². The second kappa shape index (κ2) is 54.9. The molecule has 14 aromatic rings. The average Bonchev–Trinajstić information content (AvgIpc) is 0.828. The van der Waals surface area contributed by atoms with E-state index in [1.54, 1.807) is 44.6 Å². The minimum Gasteiger partial charge on any atom is -0.0622 e. The molecule has 0 atom stereocenters. The molecule has 0 spiro atoms. The Morgan fingerprint density at radius 2 is 0.608 bits per heavy atom. The van der Waals surface area contributed by atoms with E-state index in [9.17, 15) is 26.3 Å². The molecule has 0 N–H and O–H groups in total. The Kier molecular flexibility index (Phi) is 45.2. The number of aryl methyl sites for hydroxylation is 1. The van der Waals surface area contributed by atoms with Crippen molar-refractivity contribution < 1.29 is 55.0 Å². The van der Waals surface area contributed by atoms with Crippen molar-refractivity contribution in [3.8, 4) is 66.6 Å². The summed E-state index contributed by atoms with van der Waals surface area (Å²) in [4.78, 5) is 0. The maximum atomic E-state index is 13.0. The third-order valence-electron chi connectivity index (χ3n) is 16.9. The maximum absolute atomic E-state index is 13.0. The van der Waals surface area contributed by atoms with Crippen LogP contribution in [0, 0.1) is 92.9 Å². The molecule has 3 nitrogen and oxygen atoms in total. The van der Waals surface area contributed by atoms with Gasteiger partial charge in [-0.1, -0.05) is 309 Å². The molecule has 0 bridgehead atoms. The molecule has 0 aliphatic carbocycles. The van der Waals surface area contributed by atoms with Crippen LogP contribution >= 0.6 is 85.8 Å². The van der Waals surface area contributed by atoms with Gasteiger partial charge in [-0.05, 0) is 209 Å². The fourth-order valence-corrected chi connectivity index (χ4v) is 19.2.